The van der Waals surface area contributed by atoms with E-state index in [4.69, 9.17) is 4.74 Å². The van der Waals surface area contributed by atoms with Crippen LogP contribution in [-0.4, -0.2) is 33.2 Å². The first-order chi connectivity index (χ1) is 12.6. The topological polar surface area (TPSA) is 75.7 Å². The second-order valence-corrected chi connectivity index (χ2v) is 8.92. The fraction of sp³-hybridized carbons (Fsp3) is 0.350. The maximum atomic E-state index is 12.7. The van der Waals surface area contributed by atoms with Crippen molar-refractivity contribution in [3.05, 3.63) is 59.2 Å². The molecule has 6 nitrogen and oxygen atoms in total. The summed E-state index contributed by atoms with van der Waals surface area (Å²) in [7, 11) is -3.53. The lowest BCUT2D eigenvalue weighted by atomic mass is 10.1. The number of nitrogens with zero attached hydrogens (tertiary/aromatic N) is 1. The van der Waals surface area contributed by atoms with E-state index < -0.39 is 16.1 Å². The van der Waals surface area contributed by atoms with Gasteiger partial charge in [-0.3, -0.25) is 9.10 Å². The highest BCUT2D eigenvalue weighted by atomic mass is 32.2. The molecule has 7 heteroatoms. The number of aryl methyl sites for hydroxylation is 2. The first-order valence-corrected chi connectivity index (χ1v) is 10.6. The molecule has 2 aromatic rings. The molecule has 0 radical (unpaired) electrons. The first-order valence-electron chi connectivity index (χ1n) is 8.77. The van der Waals surface area contributed by atoms with Crippen LogP contribution >= 0.6 is 0 Å². The molecule has 2 atom stereocenters. The van der Waals surface area contributed by atoms with E-state index in [9.17, 15) is 13.2 Å². The highest BCUT2D eigenvalue weighted by molar-refractivity contribution is 7.92. The average Bonchev–Trinajstić information content (AvgIpc) is 2.60. The van der Waals surface area contributed by atoms with Crippen molar-refractivity contribution in [1.29, 1.82) is 0 Å². The lowest BCUT2D eigenvalue weighted by Crippen LogP contribution is -2.50. The Balaban J connectivity index is 1.81. The monoisotopic (exact) mass is 388 g/mol. The quantitative estimate of drug-likeness (QED) is 0.874. The van der Waals surface area contributed by atoms with Gasteiger partial charge in [0.1, 0.15) is 5.75 Å². The second kappa shape index (κ2) is 7.23. The predicted molar refractivity (Wildman–Crippen MR) is 106 cm³/mol. The van der Waals surface area contributed by atoms with Gasteiger partial charge in [-0.25, -0.2) is 8.42 Å². The summed E-state index contributed by atoms with van der Waals surface area (Å²) < 4.78 is 31.5. The standard InChI is InChI=1S/C20H24N2O4S/c1-13-5-8-16(9-6-13)15(3)21-20(23)19-12-22(27(4,24)25)17-11-14(2)7-10-18(17)26-19/h5-11,15,19H,12H2,1-4H3,(H,21,23)/t15-,19+/m0/s1. The summed E-state index contributed by atoms with van der Waals surface area (Å²) in [5, 5.41) is 2.91. The average molecular weight is 388 g/mol. The van der Waals surface area contributed by atoms with Crippen molar-refractivity contribution in [3.8, 4) is 5.75 Å². The summed E-state index contributed by atoms with van der Waals surface area (Å²) in [6.45, 7) is 5.71. The van der Waals surface area contributed by atoms with Gasteiger partial charge in [-0.2, -0.15) is 0 Å². The van der Waals surface area contributed by atoms with E-state index in [2.05, 4.69) is 5.32 Å². The number of anilines is 1. The zero-order valence-electron chi connectivity index (χ0n) is 15.9. The number of carbonyl (C=O) groups excluding carboxylic acids is 1. The Kier molecular flexibility index (Phi) is 5.15. The van der Waals surface area contributed by atoms with E-state index in [1.165, 1.54) is 4.31 Å². The minimum atomic E-state index is -3.53. The summed E-state index contributed by atoms with van der Waals surface area (Å²) in [5.74, 6) is 0.0448. The fourth-order valence-electron chi connectivity index (χ4n) is 3.06. The number of sulfonamides is 1. The Morgan fingerprint density at radius 2 is 1.78 bits per heavy atom. The van der Waals surface area contributed by atoms with E-state index >= 15 is 0 Å². The maximum Gasteiger partial charge on any atom is 0.263 e. The number of amides is 1. The molecule has 1 aliphatic heterocycles. The predicted octanol–water partition coefficient (Wildman–Crippen LogP) is 2.71. The lowest BCUT2D eigenvalue weighted by molar-refractivity contribution is -0.128. The molecule has 0 aliphatic carbocycles. The number of nitrogens with one attached hydrogen (secondary N) is 1. The highest BCUT2D eigenvalue weighted by Crippen LogP contribution is 2.35. The summed E-state index contributed by atoms with van der Waals surface area (Å²) in [4.78, 5) is 12.7. The summed E-state index contributed by atoms with van der Waals surface area (Å²) in [5.41, 5.74) is 3.50. The lowest BCUT2D eigenvalue weighted by Gasteiger charge is -2.34. The number of fused-ring (bicyclic) bond motifs is 1. The molecule has 0 spiro atoms. The third kappa shape index (κ3) is 4.24. The van der Waals surface area contributed by atoms with Crippen LogP contribution in [0.3, 0.4) is 0 Å². The molecule has 1 heterocycles. The number of hydrogen-bond donors (Lipinski definition) is 1. The Hall–Kier alpha value is -2.54. The van der Waals surface area contributed by atoms with Crippen molar-refractivity contribution in [2.75, 3.05) is 17.1 Å². The molecule has 0 saturated heterocycles. The Bertz CT molecular complexity index is 954. The maximum absolute atomic E-state index is 12.7. The fourth-order valence-corrected chi connectivity index (χ4v) is 3.96. The largest absolute Gasteiger partial charge is 0.476 e. The molecule has 0 fully saturated rings. The first kappa shape index (κ1) is 19.2. The SMILES string of the molecule is Cc1ccc([C@H](C)NC(=O)[C@H]2CN(S(C)(=O)=O)c3cc(C)ccc3O2)cc1. The van der Waals surface area contributed by atoms with Gasteiger partial charge >= 0.3 is 0 Å². The zero-order chi connectivity index (χ0) is 19.8. The number of carbonyl (C=O) groups is 1. The van der Waals surface area contributed by atoms with Crippen molar-refractivity contribution in [1.82, 2.24) is 5.32 Å². The molecule has 144 valence electrons. The second-order valence-electron chi connectivity index (χ2n) is 7.01. The van der Waals surface area contributed by atoms with Crippen LogP contribution < -0.4 is 14.4 Å². The van der Waals surface area contributed by atoms with Crippen LogP contribution in [0.5, 0.6) is 5.75 Å². The molecule has 0 aromatic heterocycles. The van der Waals surface area contributed by atoms with Crippen LogP contribution in [0.2, 0.25) is 0 Å². The van der Waals surface area contributed by atoms with Crippen molar-refractivity contribution in [2.45, 2.75) is 32.9 Å². The van der Waals surface area contributed by atoms with Crippen molar-refractivity contribution in [3.63, 3.8) is 0 Å². The Morgan fingerprint density at radius 1 is 1.15 bits per heavy atom. The van der Waals surface area contributed by atoms with Crippen LogP contribution in [0.1, 0.15) is 29.7 Å². The van der Waals surface area contributed by atoms with Crippen LogP contribution in [0, 0.1) is 13.8 Å². The molecule has 0 unspecified atom stereocenters. The van der Waals surface area contributed by atoms with Gasteiger partial charge in [-0.15, -0.1) is 0 Å². The van der Waals surface area contributed by atoms with Gasteiger partial charge in [-0.05, 0) is 44.0 Å². The minimum absolute atomic E-state index is 0.0538. The number of ether oxygens (including phenoxy) is 1. The molecule has 1 amide bonds. The molecule has 0 bridgehead atoms. The van der Waals surface area contributed by atoms with E-state index in [1.807, 2.05) is 51.1 Å². The van der Waals surface area contributed by atoms with E-state index in [-0.39, 0.29) is 18.5 Å². The molecule has 27 heavy (non-hydrogen) atoms. The summed E-state index contributed by atoms with van der Waals surface area (Å²) >= 11 is 0. The van der Waals surface area contributed by atoms with Crippen molar-refractivity contribution in [2.24, 2.45) is 0 Å². The summed E-state index contributed by atoms with van der Waals surface area (Å²) in [6.07, 6.45) is 0.219. The van der Waals surface area contributed by atoms with Gasteiger partial charge in [-0.1, -0.05) is 35.9 Å². The molecule has 1 aliphatic rings. The number of benzene rings is 2. The molecule has 0 saturated carbocycles. The molecule has 2 aromatic carbocycles. The van der Waals surface area contributed by atoms with Gasteiger partial charge < -0.3 is 10.1 Å². The third-order valence-electron chi connectivity index (χ3n) is 4.61. The zero-order valence-corrected chi connectivity index (χ0v) is 16.7. The van der Waals surface area contributed by atoms with Crippen molar-refractivity contribution < 1.29 is 17.9 Å². The number of rotatable bonds is 4. The van der Waals surface area contributed by atoms with E-state index in [0.717, 1.165) is 22.9 Å². The minimum Gasteiger partial charge on any atom is -0.476 e. The van der Waals surface area contributed by atoms with E-state index in [0.29, 0.717) is 11.4 Å². The van der Waals surface area contributed by atoms with Crippen LogP contribution in [0.25, 0.3) is 0 Å². The molecular weight excluding hydrogens is 364 g/mol. The molecule has 1 N–H and O–H groups in total. The van der Waals surface area contributed by atoms with Gasteiger partial charge in [0, 0.05) is 0 Å². The van der Waals surface area contributed by atoms with Crippen LogP contribution in [-0.2, 0) is 14.8 Å². The van der Waals surface area contributed by atoms with Gasteiger partial charge in [0.05, 0.1) is 24.5 Å². The Morgan fingerprint density at radius 3 is 2.41 bits per heavy atom. The van der Waals surface area contributed by atoms with Crippen molar-refractivity contribution >= 4 is 21.6 Å². The smallest absolute Gasteiger partial charge is 0.263 e. The van der Waals surface area contributed by atoms with Gasteiger partial charge in [0.25, 0.3) is 5.91 Å². The Labute approximate surface area is 160 Å². The summed E-state index contributed by atoms with van der Waals surface area (Å²) in [6, 6.07) is 13.0. The normalized spacial score (nSPS) is 17.6. The molecule has 3 rings (SSSR count). The third-order valence-corrected chi connectivity index (χ3v) is 5.76. The number of hydrogen-bond acceptors (Lipinski definition) is 4. The van der Waals surface area contributed by atoms with Gasteiger partial charge in [0.15, 0.2) is 6.10 Å². The van der Waals surface area contributed by atoms with E-state index in [1.54, 1.807) is 12.1 Å². The highest BCUT2D eigenvalue weighted by Gasteiger charge is 2.35. The van der Waals surface area contributed by atoms with Gasteiger partial charge in [0.2, 0.25) is 10.0 Å². The molecular formula is C20H24N2O4S. The van der Waals surface area contributed by atoms with Crippen LogP contribution in [0.15, 0.2) is 42.5 Å². The van der Waals surface area contributed by atoms with Crippen LogP contribution in [0.4, 0.5) is 5.69 Å².